The zero-order valence-electron chi connectivity index (χ0n) is 14.0. The lowest BCUT2D eigenvalue weighted by molar-refractivity contribution is -0.113. The molecular weight excluding hydrogens is 360 g/mol. The van der Waals surface area contributed by atoms with E-state index in [1.807, 2.05) is 26.0 Å². The molecule has 0 spiro atoms. The SMILES string of the molecule is Cc1cc2nc(SCC(=O)Nc3cc(Cl)ccc3C)n(C)c(=O)c2[nH]1. The molecule has 0 aliphatic rings. The molecule has 0 bridgehead atoms. The van der Waals surface area contributed by atoms with Crippen molar-refractivity contribution in [1.82, 2.24) is 14.5 Å². The number of rotatable bonds is 4. The number of hydrogen-bond donors (Lipinski definition) is 2. The minimum atomic E-state index is -0.185. The second-order valence-electron chi connectivity index (χ2n) is 5.77. The van der Waals surface area contributed by atoms with Gasteiger partial charge in [-0.1, -0.05) is 29.4 Å². The Morgan fingerprint density at radius 2 is 2.12 bits per heavy atom. The Hall–Kier alpha value is -2.25. The molecule has 0 unspecified atom stereocenters. The predicted molar refractivity (Wildman–Crippen MR) is 102 cm³/mol. The van der Waals surface area contributed by atoms with Gasteiger partial charge in [0, 0.05) is 23.5 Å². The number of hydrogen-bond acceptors (Lipinski definition) is 4. The van der Waals surface area contributed by atoms with Crippen LogP contribution in [0, 0.1) is 13.8 Å². The molecule has 1 amide bonds. The Labute approximate surface area is 153 Å². The van der Waals surface area contributed by atoms with E-state index in [0.29, 0.717) is 26.9 Å². The number of fused-ring (bicyclic) bond motifs is 1. The number of aromatic amines is 1. The molecule has 25 heavy (non-hydrogen) atoms. The molecule has 2 N–H and O–H groups in total. The van der Waals surface area contributed by atoms with Crippen LogP contribution in [0.2, 0.25) is 5.02 Å². The molecule has 0 fully saturated rings. The van der Waals surface area contributed by atoms with Crippen molar-refractivity contribution in [2.24, 2.45) is 7.05 Å². The minimum absolute atomic E-state index is 0.140. The van der Waals surface area contributed by atoms with Gasteiger partial charge in [-0.25, -0.2) is 4.98 Å². The standard InChI is InChI=1S/C17H17ClN4O2S/c1-9-4-5-11(18)7-12(9)20-14(23)8-25-17-21-13-6-10(2)19-15(13)16(24)22(17)3/h4-7,19H,8H2,1-3H3,(H,20,23). The Morgan fingerprint density at radius 3 is 2.88 bits per heavy atom. The average Bonchev–Trinajstić information content (AvgIpc) is 2.93. The van der Waals surface area contributed by atoms with E-state index in [9.17, 15) is 9.59 Å². The maximum absolute atomic E-state index is 12.3. The fourth-order valence-corrected chi connectivity index (χ4v) is 3.38. The van der Waals surface area contributed by atoms with E-state index in [-0.39, 0.29) is 17.2 Å². The summed E-state index contributed by atoms with van der Waals surface area (Å²) in [6, 6.07) is 7.14. The number of amides is 1. The van der Waals surface area contributed by atoms with Crippen LogP contribution in [0.1, 0.15) is 11.3 Å². The quantitative estimate of drug-likeness (QED) is 0.541. The summed E-state index contributed by atoms with van der Waals surface area (Å²) in [7, 11) is 1.65. The first-order chi connectivity index (χ1) is 11.8. The van der Waals surface area contributed by atoms with Gasteiger partial charge in [-0.3, -0.25) is 14.2 Å². The Kier molecular flexibility index (Phi) is 4.87. The summed E-state index contributed by atoms with van der Waals surface area (Å²) in [5.41, 5.74) is 3.40. The molecule has 2 heterocycles. The highest BCUT2D eigenvalue weighted by molar-refractivity contribution is 7.99. The fraction of sp³-hybridized carbons (Fsp3) is 0.235. The predicted octanol–water partition coefficient (Wildman–Crippen LogP) is 3.26. The van der Waals surface area contributed by atoms with E-state index in [0.717, 1.165) is 11.3 Å². The van der Waals surface area contributed by atoms with Gasteiger partial charge in [-0.2, -0.15) is 0 Å². The third-order valence-electron chi connectivity index (χ3n) is 3.76. The number of thioether (sulfide) groups is 1. The summed E-state index contributed by atoms with van der Waals surface area (Å²) < 4.78 is 1.45. The Bertz CT molecular complexity index is 1030. The highest BCUT2D eigenvalue weighted by Crippen LogP contribution is 2.21. The maximum atomic E-state index is 12.3. The topological polar surface area (TPSA) is 79.8 Å². The molecule has 0 atom stereocenters. The number of carbonyl (C=O) groups excluding carboxylic acids is 1. The zero-order chi connectivity index (χ0) is 18.1. The number of nitrogens with zero attached hydrogens (tertiary/aromatic N) is 2. The van der Waals surface area contributed by atoms with E-state index in [4.69, 9.17) is 11.6 Å². The molecule has 0 saturated carbocycles. The molecule has 1 aromatic carbocycles. The van der Waals surface area contributed by atoms with Crippen molar-refractivity contribution in [3.05, 3.63) is 50.9 Å². The van der Waals surface area contributed by atoms with Crippen LogP contribution in [0.4, 0.5) is 5.69 Å². The molecule has 6 nitrogen and oxygen atoms in total. The molecule has 0 saturated heterocycles. The van der Waals surface area contributed by atoms with E-state index in [1.165, 1.54) is 16.3 Å². The van der Waals surface area contributed by atoms with Crippen LogP contribution in [0.5, 0.6) is 0 Å². The third kappa shape index (κ3) is 3.72. The van der Waals surface area contributed by atoms with Gasteiger partial charge in [0.2, 0.25) is 5.91 Å². The van der Waals surface area contributed by atoms with Gasteiger partial charge >= 0.3 is 0 Å². The number of benzene rings is 1. The summed E-state index contributed by atoms with van der Waals surface area (Å²) in [5, 5.41) is 3.89. The molecule has 8 heteroatoms. The van der Waals surface area contributed by atoms with Crippen molar-refractivity contribution in [2.75, 3.05) is 11.1 Å². The number of nitrogens with one attached hydrogen (secondary N) is 2. The van der Waals surface area contributed by atoms with Crippen LogP contribution in [-0.2, 0) is 11.8 Å². The number of halogens is 1. The van der Waals surface area contributed by atoms with Crippen molar-refractivity contribution < 1.29 is 4.79 Å². The number of anilines is 1. The van der Waals surface area contributed by atoms with Crippen molar-refractivity contribution in [2.45, 2.75) is 19.0 Å². The van der Waals surface area contributed by atoms with E-state index in [2.05, 4.69) is 15.3 Å². The Morgan fingerprint density at radius 1 is 1.36 bits per heavy atom. The molecule has 0 aliphatic heterocycles. The summed E-state index contributed by atoms with van der Waals surface area (Å²) >= 11 is 7.18. The van der Waals surface area contributed by atoms with Crippen molar-refractivity contribution >= 4 is 46.0 Å². The first-order valence-corrected chi connectivity index (χ1v) is 8.96. The molecular formula is C17H17ClN4O2S. The summed E-state index contributed by atoms with van der Waals surface area (Å²) in [5.74, 6) is -0.0452. The summed E-state index contributed by atoms with van der Waals surface area (Å²) in [4.78, 5) is 32.0. The van der Waals surface area contributed by atoms with E-state index < -0.39 is 0 Å². The number of aryl methyl sites for hydroxylation is 2. The highest BCUT2D eigenvalue weighted by atomic mass is 35.5. The van der Waals surface area contributed by atoms with Crippen LogP contribution in [0.25, 0.3) is 11.0 Å². The molecule has 130 valence electrons. The van der Waals surface area contributed by atoms with Gasteiger partial charge < -0.3 is 10.3 Å². The lowest BCUT2D eigenvalue weighted by Crippen LogP contribution is -2.21. The molecule has 3 rings (SSSR count). The van der Waals surface area contributed by atoms with Gasteiger partial charge in [0.15, 0.2) is 5.16 Å². The van der Waals surface area contributed by atoms with Crippen molar-refractivity contribution in [3.8, 4) is 0 Å². The zero-order valence-corrected chi connectivity index (χ0v) is 15.6. The third-order valence-corrected chi connectivity index (χ3v) is 5.02. The fourth-order valence-electron chi connectivity index (χ4n) is 2.43. The van der Waals surface area contributed by atoms with Crippen LogP contribution >= 0.6 is 23.4 Å². The molecule has 2 aromatic heterocycles. The van der Waals surface area contributed by atoms with Crippen LogP contribution in [0.15, 0.2) is 34.2 Å². The molecule has 0 aliphatic carbocycles. The van der Waals surface area contributed by atoms with Crippen LogP contribution in [-0.4, -0.2) is 26.2 Å². The maximum Gasteiger partial charge on any atom is 0.278 e. The van der Waals surface area contributed by atoms with Crippen LogP contribution in [0.3, 0.4) is 0 Å². The summed E-state index contributed by atoms with van der Waals surface area (Å²) in [6.45, 7) is 3.77. The highest BCUT2D eigenvalue weighted by Gasteiger charge is 2.13. The van der Waals surface area contributed by atoms with Crippen LogP contribution < -0.4 is 10.9 Å². The van der Waals surface area contributed by atoms with Gasteiger partial charge in [0.1, 0.15) is 5.52 Å². The van der Waals surface area contributed by atoms with Gasteiger partial charge in [0.25, 0.3) is 5.56 Å². The summed E-state index contributed by atoms with van der Waals surface area (Å²) in [6.07, 6.45) is 0. The Balaban J connectivity index is 1.76. The van der Waals surface area contributed by atoms with Gasteiger partial charge in [-0.05, 0) is 37.6 Å². The van der Waals surface area contributed by atoms with Crippen molar-refractivity contribution in [1.29, 1.82) is 0 Å². The van der Waals surface area contributed by atoms with Gasteiger partial charge in [-0.15, -0.1) is 0 Å². The van der Waals surface area contributed by atoms with E-state index >= 15 is 0 Å². The first-order valence-electron chi connectivity index (χ1n) is 7.60. The lowest BCUT2D eigenvalue weighted by atomic mass is 10.2. The molecule has 3 aromatic rings. The number of H-pyrrole nitrogens is 1. The lowest BCUT2D eigenvalue weighted by Gasteiger charge is -2.10. The minimum Gasteiger partial charge on any atom is -0.353 e. The number of aromatic nitrogens is 3. The monoisotopic (exact) mass is 376 g/mol. The first kappa shape index (κ1) is 17.6. The second-order valence-corrected chi connectivity index (χ2v) is 7.15. The van der Waals surface area contributed by atoms with Crippen molar-refractivity contribution in [3.63, 3.8) is 0 Å². The molecule has 0 radical (unpaired) electrons. The number of carbonyl (C=O) groups is 1. The van der Waals surface area contributed by atoms with Gasteiger partial charge in [0.05, 0.1) is 11.3 Å². The van der Waals surface area contributed by atoms with E-state index in [1.54, 1.807) is 19.2 Å². The largest absolute Gasteiger partial charge is 0.353 e. The normalized spacial score (nSPS) is 11.0. The smallest absolute Gasteiger partial charge is 0.278 e. The average molecular weight is 377 g/mol. The second kappa shape index (κ2) is 6.93.